The largest absolute Gasteiger partial charge is 2.00 e. The van der Waals surface area contributed by atoms with Crippen LogP contribution in [-0.4, -0.2) is 5.11 Å². The zero-order valence-electron chi connectivity index (χ0n) is 23.4. The summed E-state index contributed by atoms with van der Waals surface area (Å²) in [6, 6.07) is 13.1. The molecule has 1 nitrogen and oxygen atoms in total. The van der Waals surface area contributed by atoms with Crippen molar-refractivity contribution >= 4 is 12.4 Å². The molecule has 0 fully saturated rings. The summed E-state index contributed by atoms with van der Waals surface area (Å²) in [6.07, 6.45) is 6.87. The Bertz CT molecular complexity index is 1120. The van der Waals surface area contributed by atoms with Gasteiger partial charge in [0.05, 0.1) is 0 Å². The smallest absolute Gasteiger partial charge is 0.507 e. The minimum absolute atomic E-state index is 0. The second-order valence-corrected chi connectivity index (χ2v) is 10.3. The molecule has 192 valence electrons. The molecule has 1 N–H and O–H groups in total. The number of rotatable bonds is 1. The molecule has 4 rings (SSSR count). The number of allylic oxidation sites excluding steroid dienone is 8. The van der Waals surface area contributed by atoms with Crippen molar-refractivity contribution in [3.63, 3.8) is 0 Å². The molecule has 0 saturated heterocycles. The number of hydrogen-bond donors (Lipinski definition) is 1. The summed E-state index contributed by atoms with van der Waals surface area (Å²) in [7, 11) is 0. The number of phenols is 1. The number of phenolic OH excluding ortho intramolecular Hbond substituents is 1. The summed E-state index contributed by atoms with van der Waals surface area (Å²) in [5.41, 5.74) is 10.1. The topological polar surface area (TPSA) is 20.2 Å². The Hall–Kier alpha value is -1.87. The van der Waals surface area contributed by atoms with Gasteiger partial charge in [0.25, 0.3) is 0 Å². The maximum absolute atomic E-state index is 12.9. The second kappa shape index (κ2) is 13.6. The zero-order valence-corrected chi connectivity index (χ0v) is 25.7. The molecule has 0 saturated carbocycles. The molecule has 2 aliphatic rings. The van der Waals surface area contributed by atoms with Crippen molar-refractivity contribution < 1.29 is 31.2 Å². The summed E-state index contributed by atoms with van der Waals surface area (Å²) in [5.74, 6) is -0.251. The zero-order chi connectivity index (χ0) is 25.8. The Morgan fingerprint density at radius 2 is 1.11 bits per heavy atom. The van der Waals surface area contributed by atoms with Gasteiger partial charge in [-0.3, -0.25) is 12.2 Å². The molecule has 4 heteroatoms. The number of halogens is 2. The Balaban J connectivity index is 0.000000508. The molecule has 0 unspecified atom stereocenters. The molecule has 2 aromatic rings. The number of hydrogen-bond acceptors (Lipinski definition) is 1. The summed E-state index contributed by atoms with van der Waals surface area (Å²) < 4.78 is 12.9. The third-order valence-electron chi connectivity index (χ3n) is 7.17. The van der Waals surface area contributed by atoms with E-state index in [2.05, 4.69) is 81.4 Å². The maximum Gasteiger partial charge on any atom is 2.00 e. The summed E-state index contributed by atoms with van der Waals surface area (Å²) in [6.45, 7) is 21.8. The molecule has 0 amide bonds. The van der Waals surface area contributed by atoms with Gasteiger partial charge in [-0.25, -0.2) is 15.5 Å². The first-order chi connectivity index (χ1) is 15.7. The van der Waals surface area contributed by atoms with Crippen molar-refractivity contribution in [3.05, 3.63) is 99.9 Å². The van der Waals surface area contributed by atoms with E-state index in [-0.39, 0.29) is 56.5 Å². The molecule has 0 atom stereocenters. The van der Waals surface area contributed by atoms with E-state index >= 15 is 0 Å². The fourth-order valence-corrected chi connectivity index (χ4v) is 4.17. The standard InChI is InChI=1S/C12H9FO.2C10H15.ClH.Ti/c13-10-6-7-12(14)11(8-10)9-4-2-1-3-5-9;2*1-7-6-10(4,5)9(3)8(7)2;;/h1-8,14H;2*1-5H3;1H;/q;2*-1;;+2. The van der Waals surface area contributed by atoms with E-state index in [0.717, 1.165) is 5.56 Å². The average Bonchev–Trinajstić information content (AvgIpc) is 3.07. The Morgan fingerprint density at radius 1 is 0.694 bits per heavy atom. The van der Waals surface area contributed by atoms with Gasteiger partial charge in [0, 0.05) is 5.56 Å². The molecule has 36 heavy (non-hydrogen) atoms. The van der Waals surface area contributed by atoms with E-state index in [4.69, 9.17) is 0 Å². The van der Waals surface area contributed by atoms with Gasteiger partial charge in [-0.15, -0.1) is 26.3 Å². The van der Waals surface area contributed by atoms with Gasteiger partial charge >= 0.3 is 21.7 Å². The molecule has 0 aromatic heterocycles. The van der Waals surface area contributed by atoms with Gasteiger partial charge in [0.2, 0.25) is 0 Å². The first-order valence-corrected chi connectivity index (χ1v) is 11.8. The van der Waals surface area contributed by atoms with Crippen molar-refractivity contribution in [2.24, 2.45) is 10.8 Å². The van der Waals surface area contributed by atoms with Gasteiger partial charge in [-0.05, 0) is 23.8 Å². The Morgan fingerprint density at radius 3 is 1.42 bits per heavy atom. The van der Waals surface area contributed by atoms with Gasteiger partial charge in [0.15, 0.2) is 0 Å². The van der Waals surface area contributed by atoms with E-state index in [1.54, 1.807) is 0 Å². The minimum atomic E-state index is -0.346. The van der Waals surface area contributed by atoms with Crippen LogP contribution in [0.4, 0.5) is 4.39 Å². The first kappa shape index (κ1) is 34.1. The Labute approximate surface area is 239 Å². The van der Waals surface area contributed by atoms with Crippen LogP contribution in [0.15, 0.2) is 82.0 Å². The Kier molecular flexibility index (Phi) is 12.9. The molecular weight excluding hydrogens is 503 g/mol. The first-order valence-electron chi connectivity index (χ1n) is 11.8. The molecule has 0 bridgehead atoms. The van der Waals surface area contributed by atoms with Crippen LogP contribution >= 0.6 is 12.4 Å². The molecular formula is C32H40ClFOTi. The van der Waals surface area contributed by atoms with Gasteiger partial charge < -0.3 is 5.11 Å². The fourth-order valence-electron chi connectivity index (χ4n) is 4.17. The summed E-state index contributed by atoms with van der Waals surface area (Å²) in [5, 5.41) is 9.52. The quantitative estimate of drug-likeness (QED) is 0.281. The van der Waals surface area contributed by atoms with Crippen LogP contribution in [0.3, 0.4) is 0 Å². The predicted molar refractivity (Wildman–Crippen MR) is 150 cm³/mol. The van der Waals surface area contributed by atoms with E-state index in [1.165, 1.54) is 51.6 Å². The predicted octanol–water partition coefficient (Wildman–Crippen LogP) is 9.84. The van der Waals surface area contributed by atoms with Crippen LogP contribution in [0.1, 0.15) is 69.2 Å². The normalized spacial score (nSPS) is 17.0. The maximum atomic E-state index is 12.9. The van der Waals surface area contributed by atoms with Crippen LogP contribution in [0, 0.1) is 28.8 Å². The van der Waals surface area contributed by atoms with Crippen LogP contribution in [0.5, 0.6) is 5.75 Å². The second-order valence-electron chi connectivity index (χ2n) is 10.3. The monoisotopic (exact) mass is 542 g/mol. The third-order valence-corrected chi connectivity index (χ3v) is 7.17. The van der Waals surface area contributed by atoms with Crippen LogP contribution in [-0.2, 0) is 21.7 Å². The number of benzene rings is 2. The van der Waals surface area contributed by atoms with Crippen LogP contribution in [0.2, 0.25) is 0 Å². The molecule has 2 aliphatic carbocycles. The van der Waals surface area contributed by atoms with Crippen molar-refractivity contribution in [2.45, 2.75) is 69.2 Å². The summed E-state index contributed by atoms with van der Waals surface area (Å²) in [4.78, 5) is 0. The van der Waals surface area contributed by atoms with Crippen LogP contribution in [0.25, 0.3) is 11.1 Å². The molecule has 2 aromatic carbocycles. The SMILES string of the molecule is CC1=[C-]C(C)(C)C(C)=C1C.CC1=[C-]C(C)(C)C(C)=C1C.Cl.Oc1ccc(F)cc1-c1ccccc1.[Ti+2]. The van der Waals surface area contributed by atoms with E-state index < -0.39 is 0 Å². The molecule has 0 radical (unpaired) electrons. The number of aromatic hydroxyl groups is 1. The van der Waals surface area contributed by atoms with Crippen molar-refractivity contribution in [1.82, 2.24) is 0 Å². The molecule has 0 aliphatic heterocycles. The van der Waals surface area contributed by atoms with Crippen molar-refractivity contribution in [1.29, 1.82) is 0 Å². The van der Waals surface area contributed by atoms with Crippen molar-refractivity contribution in [3.8, 4) is 16.9 Å². The molecule has 0 heterocycles. The van der Waals surface area contributed by atoms with Crippen molar-refractivity contribution in [2.75, 3.05) is 0 Å². The van der Waals surface area contributed by atoms with Gasteiger partial charge in [-0.2, -0.15) is 22.3 Å². The minimum Gasteiger partial charge on any atom is -0.507 e. The van der Waals surface area contributed by atoms with Gasteiger partial charge in [0.1, 0.15) is 11.6 Å². The third kappa shape index (κ3) is 8.33. The van der Waals surface area contributed by atoms with Crippen LogP contribution < -0.4 is 0 Å². The van der Waals surface area contributed by atoms with E-state index in [0.29, 0.717) is 5.56 Å². The van der Waals surface area contributed by atoms with E-state index in [9.17, 15) is 9.50 Å². The van der Waals surface area contributed by atoms with E-state index in [1.807, 2.05) is 30.3 Å². The van der Waals surface area contributed by atoms with Gasteiger partial charge in [-0.1, -0.05) is 96.6 Å². The average molecular weight is 543 g/mol. The summed E-state index contributed by atoms with van der Waals surface area (Å²) >= 11 is 0. The fraction of sp³-hybridized carbons (Fsp3) is 0.375. The molecule has 0 spiro atoms.